The van der Waals surface area contributed by atoms with Crippen LogP contribution in [0.2, 0.25) is 0 Å². The summed E-state index contributed by atoms with van der Waals surface area (Å²) in [6.45, 7) is 2.53. The maximum Gasteiger partial charge on any atom is 0.435 e. The van der Waals surface area contributed by atoms with Crippen LogP contribution in [0.3, 0.4) is 0 Å². The van der Waals surface area contributed by atoms with Gasteiger partial charge >= 0.3 is 18.2 Å². The number of carbonyl (C=O) groups is 2. The molecule has 234 valence electrons. The van der Waals surface area contributed by atoms with Crippen LogP contribution in [0.1, 0.15) is 31.0 Å². The topological polar surface area (TPSA) is 153 Å². The van der Waals surface area contributed by atoms with E-state index < -0.39 is 40.7 Å². The molecule has 0 radical (unpaired) electrons. The second-order valence-corrected chi connectivity index (χ2v) is 10.8. The van der Waals surface area contributed by atoms with E-state index in [1.807, 2.05) is 6.92 Å². The molecule has 2 aromatic carbocycles. The number of carbonyl (C=O) groups excluding carboxylic acids is 2. The molecule has 0 bridgehead atoms. The third-order valence-electron chi connectivity index (χ3n) is 5.74. The molecule has 0 aliphatic carbocycles. The summed E-state index contributed by atoms with van der Waals surface area (Å²) < 4.78 is 78.0. The molecule has 0 saturated heterocycles. The van der Waals surface area contributed by atoms with Gasteiger partial charge in [0.15, 0.2) is 5.69 Å². The average Bonchev–Trinajstić information content (AvgIpc) is 3.39. The number of hydrogen-bond acceptors (Lipinski definition) is 11. The minimum absolute atomic E-state index is 0.138. The number of aromatic nitrogens is 2. The Kier molecular flexibility index (Phi) is 11.2. The lowest BCUT2D eigenvalue weighted by Gasteiger charge is -2.23. The molecule has 0 aliphatic heterocycles. The van der Waals surface area contributed by atoms with Crippen LogP contribution in [-0.4, -0.2) is 72.8 Å². The molecule has 1 aromatic heterocycles. The standard InChI is InChI=1S/C26H30F3N5O8S/c1-4-5-24(35)41-17-42-34(37)32(3)14-15-40-25(36)31-43(38,39)21-12-10-20(11-13-21)33-22(16-23(30-33)26(27,28)29)19-8-6-18(2)7-9-19/h6-13,16,37H,4-5,14-15,17H2,1-3H3,(H,31,36). The van der Waals surface area contributed by atoms with Crippen LogP contribution in [0.4, 0.5) is 18.0 Å². The lowest BCUT2D eigenvalue weighted by molar-refractivity contribution is -0.450. The Bertz CT molecular complexity index is 1500. The zero-order chi connectivity index (χ0) is 31.8. The molecule has 3 rings (SSSR count). The highest BCUT2D eigenvalue weighted by atomic mass is 32.2. The molecule has 13 nitrogen and oxygen atoms in total. The number of esters is 1. The summed E-state index contributed by atoms with van der Waals surface area (Å²) >= 11 is 0. The van der Waals surface area contributed by atoms with Crippen molar-refractivity contribution in [2.24, 2.45) is 0 Å². The summed E-state index contributed by atoms with van der Waals surface area (Å²) in [5, 5.41) is 14.7. The molecule has 1 heterocycles. The molecule has 43 heavy (non-hydrogen) atoms. The molecule has 0 fully saturated rings. The zero-order valence-corrected chi connectivity index (χ0v) is 24.2. The number of ether oxygens (including phenoxy) is 2. The van der Waals surface area contributed by atoms with Gasteiger partial charge in [-0.3, -0.25) is 10.0 Å². The predicted molar refractivity (Wildman–Crippen MR) is 144 cm³/mol. The van der Waals surface area contributed by atoms with Gasteiger partial charge in [0.25, 0.3) is 10.0 Å². The first-order chi connectivity index (χ1) is 20.2. The van der Waals surface area contributed by atoms with Crippen molar-refractivity contribution in [3.63, 3.8) is 0 Å². The molecule has 0 aliphatic rings. The minimum atomic E-state index is -4.71. The molecule has 1 amide bonds. The molecule has 0 saturated carbocycles. The van der Waals surface area contributed by atoms with Crippen molar-refractivity contribution in [2.45, 2.75) is 37.8 Å². The molecular weight excluding hydrogens is 599 g/mol. The number of halogens is 3. The summed E-state index contributed by atoms with van der Waals surface area (Å²) in [4.78, 5) is 27.8. The fourth-order valence-corrected chi connectivity index (χ4v) is 4.37. The number of sulfonamides is 1. The van der Waals surface area contributed by atoms with E-state index in [1.54, 1.807) is 35.9 Å². The SMILES string of the molecule is CCCC(=O)OCON(O)N(C)CCOC(=O)NS(=O)(=O)c1ccc(-n2nc(C(F)(F)F)cc2-c2ccc(C)cc2)cc1. The quantitative estimate of drug-likeness (QED) is 0.160. The summed E-state index contributed by atoms with van der Waals surface area (Å²) in [6, 6.07) is 12.3. The number of rotatable bonds is 13. The van der Waals surface area contributed by atoms with Crippen molar-refractivity contribution in [2.75, 3.05) is 27.0 Å². The van der Waals surface area contributed by atoms with E-state index in [2.05, 4.69) is 5.10 Å². The number of hydrazine groups is 1. The summed E-state index contributed by atoms with van der Waals surface area (Å²) in [5.41, 5.74) is 0.531. The first-order valence-electron chi connectivity index (χ1n) is 12.7. The van der Waals surface area contributed by atoms with Gasteiger partial charge in [-0.05, 0) is 43.7 Å². The van der Waals surface area contributed by atoms with Crippen molar-refractivity contribution < 1.29 is 50.7 Å². The van der Waals surface area contributed by atoms with E-state index in [1.165, 1.54) is 19.2 Å². The van der Waals surface area contributed by atoms with Crippen molar-refractivity contribution >= 4 is 22.1 Å². The molecule has 0 unspecified atom stereocenters. The third kappa shape index (κ3) is 9.48. The number of likely N-dealkylation sites (N-methyl/N-ethyl adjacent to an activating group) is 1. The largest absolute Gasteiger partial charge is 0.447 e. The van der Waals surface area contributed by atoms with Crippen molar-refractivity contribution in [1.82, 2.24) is 24.8 Å². The molecular formula is C26H30F3N5O8S. The lowest BCUT2D eigenvalue weighted by atomic mass is 10.1. The monoisotopic (exact) mass is 629 g/mol. The van der Waals surface area contributed by atoms with Crippen LogP contribution in [0.25, 0.3) is 16.9 Å². The van der Waals surface area contributed by atoms with Gasteiger partial charge in [0.05, 0.1) is 22.8 Å². The highest BCUT2D eigenvalue weighted by molar-refractivity contribution is 7.90. The number of aryl methyl sites for hydroxylation is 1. The molecule has 17 heteroatoms. The molecule has 3 aromatic rings. The highest BCUT2D eigenvalue weighted by Gasteiger charge is 2.35. The smallest absolute Gasteiger partial charge is 0.435 e. The van der Waals surface area contributed by atoms with E-state index in [0.717, 1.165) is 33.5 Å². The molecule has 0 spiro atoms. The predicted octanol–water partition coefficient (Wildman–Crippen LogP) is 4.05. The van der Waals surface area contributed by atoms with Gasteiger partial charge in [-0.15, -0.1) is 0 Å². The number of hydrogen-bond donors (Lipinski definition) is 2. The lowest BCUT2D eigenvalue weighted by Crippen LogP contribution is -2.41. The van der Waals surface area contributed by atoms with Crippen LogP contribution in [0.15, 0.2) is 59.5 Å². The fourth-order valence-electron chi connectivity index (χ4n) is 3.48. The Labute approximate surface area is 245 Å². The first kappa shape index (κ1) is 33.5. The maximum absolute atomic E-state index is 13.4. The van der Waals surface area contributed by atoms with Crippen LogP contribution in [-0.2, 0) is 35.3 Å². The zero-order valence-electron chi connectivity index (χ0n) is 23.4. The molecule has 2 N–H and O–H groups in total. The Morgan fingerprint density at radius 1 is 1.07 bits per heavy atom. The number of amides is 1. The Morgan fingerprint density at radius 3 is 2.33 bits per heavy atom. The van der Waals surface area contributed by atoms with Gasteiger partial charge in [0.1, 0.15) is 6.61 Å². The van der Waals surface area contributed by atoms with Gasteiger partial charge in [-0.25, -0.2) is 27.5 Å². The van der Waals surface area contributed by atoms with Crippen LogP contribution >= 0.6 is 0 Å². The van der Waals surface area contributed by atoms with Gasteiger partial charge in [0, 0.05) is 24.4 Å². The average molecular weight is 630 g/mol. The summed E-state index contributed by atoms with van der Waals surface area (Å²) in [7, 11) is -3.07. The fraction of sp³-hybridized carbons (Fsp3) is 0.346. The van der Waals surface area contributed by atoms with Crippen molar-refractivity contribution in [3.8, 4) is 16.9 Å². The van der Waals surface area contributed by atoms with Crippen molar-refractivity contribution in [3.05, 3.63) is 65.9 Å². The van der Waals surface area contributed by atoms with Crippen LogP contribution < -0.4 is 4.72 Å². The van der Waals surface area contributed by atoms with E-state index in [0.29, 0.717) is 12.0 Å². The second kappa shape index (κ2) is 14.4. The van der Waals surface area contributed by atoms with E-state index >= 15 is 0 Å². The van der Waals surface area contributed by atoms with E-state index in [-0.39, 0.29) is 41.2 Å². The highest BCUT2D eigenvalue weighted by Crippen LogP contribution is 2.33. The summed E-state index contributed by atoms with van der Waals surface area (Å²) in [6.07, 6.45) is -5.27. The number of alkyl halides is 3. The normalized spacial score (nSPS) is 12.0. The Balaban J connectivity index is 1.61. The van der Waals surface area contributed by atoms with Gasteiger partial charge in [-0.2, -0.15) is 23.3 Å². The number of nitrogens with zero attached hydrogens (tertiary/aromatic N) is 4. The van der Waals surface area contributed by atoms with Gasteiger partial charge in [0.2, 0.25) is 6.79 Å². The second-order valence-electron chi connectivity index (χ2n) is 9.07. The minimum Gasteiger partial charge on any atom is -0.447 e. The maximum atomic E-state index is 13.4. The van der Waals surface area contributed by atoms with Crippen LogP contribution in [0.5, 0.6) is 0 Å². The summed E-state index contributed by atoms with van der Waals surface area (Å²) in [5.74, 6) is -0.515. The number of nitrogens with one attached hydrogen (secondary N) is 1. The Hall–Kier alpha value is -4.03. The van der Waals surface area contributed by atoms with Crippen LogP contribution in [0, 0.1) is 6.92 Å². The first-order valence-corrected chi connectivity index (χ1v) is 14.2. The number of benzene rings is 2. The van der Waals surface area contributed by atoms with Gasteiger partial charge < -0.3 is 9.47 Å². The third-order valence-corrected chi connectivity index (χ3v) is 7.07. The Morgan fingerprint density at radius 2 is 1.72 bits per heavy atom. The van der Waals surface area contributed by atoms with Gasteiger partial charge in [-0.1, -0.05) is 36.8 Å². The van der Waals surface area contributed by atoms with E-state index in [4.69, 9.17) is 14.3 Å². The van der Waals surface area contributed by atoms with E-state index in [9.17, 15) is 36.4 Å². The van der Waals surface area contributed by atoms with Crippen molar-refractivity contribution in [1.29, 1.82) is 0 Å². The molecule has 0 atom stereocenters.